The van der Waals surface area contributed by atoms with Crippen LogP contribution in [0.1, 0.15) is 65.5 Å². The fourth-order valence-corrected chi connectivity index (χ4v) is 10.4. The van der Waals surface area contributed by atoms with Crippen molar-refractivity contribution in [3.8, 4) is 11.1 Å². The van der Waals surface area contributed by atoms with E-state index in [-0.39, 0.29) is 10.8 Å². The molecule has 0 aliphatic heterocycles. The van der Waals surface area contributed by atoms with E-state index in [1.54, 1.807) is 5.56 Å². The van der Waals surface area contributed by atoms with Crippen LogP contribution in [0.4, 0.5) is 0 Å². The summed E-state index contributed by atoms with van der Waals surface area (Å²) in [7, 11) is 0. The highest BCUT2D eigenvalue weighted by Gasteiger charge is 2.64. The summed E-state index contributed by atoms with van der Waals surface area (Å²) in [5.41, 5.74) is 11.6. The van der Waals surface area contributed by atoms with Crippen LogP contribution in [0.2, 0.25) is 5.02 Å². The van der Waals surface area contributed by atoms with Gasteiger partial charge < -0.3 is 0 Å². The van der Waals surface area contributed by atoms with Gasteiger partial charge in [-0.25, -0.2) is 0 Å². The zero-order valence-electron chi connectivity index (χ0n) is 20.4. The first-order chi connectivity index (χ1) is 17.7. The Labute approximate surface area is 218 Å². The largest absolute Gasteiger partial charge is 0.0843 e. The number of halogens is 1. The van der Waals surface area contributed by atoms with E-state index >= 15 is 0 Å². The smallest absolute Gasteiger partial charge is 0.0719 e. The molecule has 4 aromatic carbocycles. The third-order valence-electron chi connectivity index (χ3n) is 11.0. The summed E-state index contributed by atoms with van der Waals surface area (Å²) in [4.78, 5) is 0. The molecule has 4 fully saturated rings. The molecule has 0 heterocycles. The second kappa shape index (κ2) is 6.73. The van der Waals surface area contributed by atoms with Crippen LogP contribution in [0.25, 0.3) is 11.1 Å². The Morgan fingerprint density at radius 1 is 0.500 bits per heavy atom. The molecule has 0 saturated heterocycles. The van der Waals surface area contributed by atoms with Gasteiger partial charge in [-0.1, -0.05) is 90.5 Å². The maximum atomic E-state index is 6.90. The van der Waals surface area contributed by atoms with Crippen molar-refractivity contribution in [1.29, 1.82) is 0 Å². The Morgan fingerprint density at radius 2 is 1.00 bits per heavy atom. The highest BCUT2D eigenvalue weighted by molar-refractivity contribution is 6.30. The van der Waals surface area contributed by atoms with Crippen LogP contribution in [0.3, 0.4) is 0 Å². The molecule has 6 aliphatic carbocycles. The Kier molecular flexibility index (Phi) is 3.78. The molecular weight excluding hydrogens is 456 g/mol. The minimum atomic E-state index is -0.288. The van der Waals surface area contributed by atoms with Gasteiger partial charge in [-0.15, -0.1) is 0 Å². The summed E-state index contributed by atoms with van der Waals surface area (Å²) in [5, 5.41) is 0.885. The molecule has 0 amide bonds. The second-order valence-corrected chi connectivity index (χ2v) is 12.7. The fraction of sp³-hybridized carbons (Fsp3) is 0.314. The van der Waals surface area contributed by atoms with E-state index in [9.17, 15) is 0 Å². The first-order valence-electron chi connectivity index (χ1n) is 13.8. The normalized spacial score (nSPS) is 31.2. The molecular formula is C35H29Cl. The lowest BCUT2D eigenvalue weighted by Gasteiger charge is -2.65. The minimum absolute atomic E-state index is 0.0853. The molecule has 0 unspecified atom stereocenters. The van der Waals surface area contributed by atoms with E-state index in [4.69, 9.17) is 11.6 Å². The van der Waals surface area contributed by atoms with Gasteiger partial charge in [0.05, 0.1) is 5.41 Å². The van der Waals surface area contributed by atoms with Crippen LogP contribution in [-0.2, 0) is 10.8 Å². The summed E-state index contributed by atoms with van der Waals surface area (Å²) >= 11 is 6.90. The lowest BCUT2D eigenvalue weighted by atomic mass is 9.38. The predicted octanol–water partition coefficient (Wildman–Crippen LogP) is 8.76. The Bertz CT molecular complexity index is 1500. The van der Waals surface area contributed by atoms with E-state index < -0.39 is 0 Å². The van der Waals surface area contributed by atoms with Crippen LogP contribution >= 0.6 is 11.6 Å². The van der Waals surface area contributed by atoms with Crippen molar-refractivity contribution >= 4 is 11.6 Å². The van der Waals surface area contributed by atoms with E-state index in [1.165, 1.54) is 71.0 Å². The lowest BCUT2D eigenvalue weighted by Crippen LogP contribution is -2.59. The fourth-order valence-electron chi connectivity index (χ4n) is 10.3. The highest BCUT2D eigenvalue weighted by Crippen LogP contribution is 2.71. The van der Waals surface area contributed by atoms with Crippen molar-refractivity contribution in [1.82, 2.24) is 0 Å². The molecule has 0 atom stereocenters. The van der Waals surface area contributed by atoms with Gasteiger partial charge in [-0.2, -0.15) is 0 Å². The zero-order valence-corrected chi connectivity index (χ0v) is 21.1. The zero-order chi connectivity index (χ0) is 23.6. The van der Waals surface area contributed by atoms with Crippen LogP contribution in [0.15, 0.2) is 91.0 Å². The molecule has 0 nitrogen and oxygen atoms in total. The average Bonchev–Trinajstić information content (AvgIpc) is 3.20. The van der Waals surface area contributed by atoms with Gasteiger partial charge in [0.2, 0.25) is 0 Å². The second-order valence-electron chi connectivity index (χ2n) is 12.3. The van der Waals surface area contributed by atoms with Gasteiger partial charge in [0, 0.05) is 10.4 Å². The van der Waals surface area contributed by atoms with E-state index in [0.717, 1.165) is 28.7 Å². The number of hydrogen-bond acceptors (Lipinski definition) is 0. The summed E-state index contributed by atoms with van der Waals surface area (Å²) in [6.45, 7) is 0. The van der Waals surface area contributed by atoms with Gasteiger partial charge in [0.25, 0.3) is 0 Å². The van der Waals surface area contributed by atoms with Gasteiger partial charge in [-0.3, -0.25) is 0 Å². The number of rotatable bonds is 0. The SMILES string of the molecule is Clc1ccc2c(c1)C1(c3ccccc3C23c2ccccc2-c2ccccc23)C2CC3CC(C2)CC1C3. The molecule has 4 saturated carbocycles. The summed E-state index contributed by atoms with van der Waals surface area (Å²) in [6.07, 6.45) is 7.00. The molecule has 0 radical (unpaired) electrons. The molecule has 10 rings (SSSR count). The molecule has 36 heavy (non-hydrogen) atoms. The van der Waals surface area contributed by atoms with Crippen LogP contribution in [0.5, 0.6) is 0 Å². The van der Waals surface area contributed by atoms with Gasteiger partial charge >= 0.3 is 0 Å². The molecule has 176 valence electrons. The monoisotopic (exact) mass is 484 g/mol. The first-order valence-corrected chi connectivity index (χ1v) is 14.2. The average molecular weight is 485 g/mol. The van der Waals surface area contributed by atoms with Crippen molar-refractivity contribution in [3.05, 3.63) is 129 Å². The first kappa shape index (κ1) is 20.3. The molecule has 2 spiro atoms. The van der Waals surface area contributed by atoms with Crippen molar-refractivity contribution < 1.29 is 0 Å². The van der Waals surface area contributed by atoms with Gasteiger partial charge in [0.15, 0.2) is 0 Å². The van der Waals surface area contributed by atoms with Crippen LogP contribution in [-0.4, -0.2) is 0 Å². The maximum absolute atomic E-state index is 6.90. The van der Waals surface area contributed by atoms with Crippen molar-refractivity contribution in [2.24, 2.45) is 23.7 Å². The van der Waals surface area contributed by atoms with Crippen LogP contribution < -0.4 is 0 Å². The molecule has 4 bridgehead atoms. The third kappa shape index (κ3) is 2.14. The number of benzene rings is 4. The molecule has 0 N–H and O–H groups in total. The third-order valence-corrected chi connectivity index (χ3v) is 11.2. The summed E-state index contributed by atoms with van der Waals surface area (Å²) in [6, 6.07) is 34.8. The molecule has 0 aromatic heterocycles. The molecule has 6 aliphatic rings. The van der Waals surface area contributed by atoms with Gasteiger partial charge in [0.1, 0.15) is 0 Å². The Balaban J connectivity index is 1.47. The minimum Gasteiger partial charge on any atom is -0.0843 e. The van der Waals surface area contributed by atoms with E-state index in [2.05, 4.69) is 91.0 Å². The van der Waals surface area contributed by atoms with Crippen LogP contribution in [0, 0.1) is 23.7 Å². The summed E-state index contributed by atoms with van der Waals surface area (Å²) in [5.74, 6) is 3.29. The number of hydrogen-bond donors (Lipinski definition) is 0. The summed E-state index contributed by atoms with van der Waals surface area (Å²) < 4.78 is 0. The highest BCUT2D eigenvalue weighted by atomic mass is 35.5. The maximum Gasteiger partial charge on any atom is 0.0719 e. The Morgan fingerprint density at radius 3 is 1.61 bits per heavy atom. The number of fused-ring (bicyclic) bond motifs is 9. The molecule has 1 heteroatoms. The quantitative estimate of drug-likeness (QED) is 0.206. The van der Waals surface area contributed by atoms with E-state index in [0.29, 0.717) is 0 Å². The lowest BCUT2D eigenvalue weighted by molar-refractivity contribution is -0.0440. The van der Waals surface area contributed by atoms with Crippen molar-refractivity contribution in [2.45, 2.75) is 42.9 Å². The van der Waals surface area contributed by atoms with Gasteiger partial charge in [-0.05, 0) is 112 Å². The van der Waals surface area contributed by atoms with Crippen molar-refractivity contribution in [2.75, 3.05) is 0 Å². The van der Waals surface area contributed by atoms with E-state index in [1.807, 2.05) is 0 Å². The van der Waals surface area contributed by atoms with Crippen molar-refractivity contribution in [3.63, 3.8) is 0 Å². The topological polar surface area (TPSA) is 0 Å². The Hall–Kier alpha value is -2.83. The predicted molar refractivity (Wildman–Crippen MR) is 147 cm³/mol. The molecule has 4 aromatic rings. The standard InChI is InChI=1S/C35H29Cl/c36-25-13-14-32-33(20-25)34(23-16-21-15-22(18-23)19-24(34)17-21)30-11-5-6-12-31(30)35(32)28-9-3-1-7-26(28)27-8-2-4-10-29(27)35/h1-14,20-24H,15-19H2.